The van der Waals surface area contributed by atoms with Crippen LogP contribution in [0.2, 0.25) is 0 Å². The number of imide groups is 1. The monoisotopic (exact) mass is 592 g/mol. The van der Waals surface area contributed by atoms with Gasteiger partial charge in [-0.15, -0.1) is 0 Å². The van der Waals surface area contributed by atoms with Gasteiger partial charge < -0.3 is 15.4 Å². The van der Waals surface area contributed by atoms with Crippen LogP contribution in [0.4, 0.5) is 10.5 Å². The number of carboxylic acid groups (broad SMARTS) is 1. The lowest BCUT2D eigenvalue weighted by Crippen LogP contribution is -2.44. The van der Waals surface area contributed by atoms with Gasteiger partial charge in [-0.1, -0.05) is 82.3 Å². The van der Waals surface area contributed by atoms with E-state index in [-0.39, 0.29) is 23.6 Å². The van der Waals surface area contributed by atoms with Gasteiger partial charge in [0.1, 0.15) is 18.1 Å². The molecule has 2 aliphatic heterocycles. The van der Waals surface area contributed by atoms with E-state index in [1.165, 1.54) is 11.6 Å². The molecule has 0 spiro atoms. The van der Waals surface area contributed by atoms with Gasteiger partial charge >= 0.3 is 12.0 Å². The van der Waals surface area contributed by atoms with E-state index in [0.29, 0.717) is 12.3 Å². The number of para-hydroxylation sites is 2. The summed E-state index contributed by atoms with van der Waals surface area (Å²) in [4.78, 5) is 60.2. The zero-order valence-corrected chi connectivity index (χ0v) is 25.2. The summed E-state index contributed by atoms with van der Waals surface area (Å²) in [6, 6.07) is 19.4. The Labute approximate surface area is 255 Å². The highest BCUT2D eigenvalue weighted by atomic mass is 16.4. The molecule has 6 rings (SSSR count). The quantitative estimate of drug-likeness (QED) is 0.217. The number of hydrogen-bond acceptors (Lipinski definition) is 4. The number of H-pyrrole nitrogens is 1. The Morgan fingerprint density at radius 2 is 1.64 bits per heavy atom. The number of aliphatic carboxylic acids is 1. The van der Waals surface area contributed by atoms with Crippen LogP contribution in [0, 0.1) is 5.92 Å². The van der Waals surface area contributed by atoms with Gasteiger partial charge in [-0.25, -0.2) is 14.5 Å². The summed E-state index contributed by atoms with van der Waals surface area (Å²) >= 11 is 0. The van der Waals surface area contributed by atoms with Crippen molar-refractivity contribution in [1.82, 2.24) is 15.2 Å². The molecule has 1 fully saturated rings. The van der Waals surface area contributed by atoms with Crippen molar-refractivity contribution in [3.63, 3.8) is 0 Å². The molecule has 9 nitrogen and oxygen atoms in total. The fourth-order valence-electron chi connectivity index (χ4n) is 6.50. The summed E-state index contributed by atoms with van der Waals surface area (Å²) < 4.78 is 0. The lowest BCUT2D eigenvalue weighted by Gasteiger charge is -2.36. The number of aromatic amines is 1. The second kappa shape index (κ2) is 11.3. The maximum absolute atomic E-state index is 14.4. The number of carbonyl (C=O) groups excluding carboxylic acids is 3. The van der Waals surface area contributed by atoms with Gasteiger partial charge in [-0.05, 0) is 53.1 Å². The molecule has 3 aromatic carbocycles. The van der Waals surface area contributed by atoms with Gasteiger partial charge in [-0.2, -0.15) is 0 Å². The minimum absolute atomic E-state index is 0.0315. The molecule has 0 aliphatic carbocycles. The largest absolute Gasteiger partial charge is 0.480 e. The Kier molecular flexibility index (Phi) is 7.49. The molecule has 0 saturated carbocycles. The number of amides is 4. The lowest BCUT2D eigenvalue weighted by molar-refractivity contribution is -0.139. The van der Waals surface area contributed by atoms with E-state index < -0.39 is 41.9 Å². The molecule has 4 aromatic rings. The van der Waals surface area contributed by atoms with E-state index >= 15 is 0 Å². The third kappa shape index (κ3) is 4.92. The highest BCUT2D eigenvalue weighted by Gasteiger charge is 2.53. The predicted octanol–water partition coefficient (Wildman–Crippen LogP) is 6.00. The molecule has 0 unspecified atom stereocenters. The van der Waals surface area contributed by atoms with Gasteiger partial charge in [0.2, 0.25) is 0 Å². The first-order valence-electron chi connectivity index (χ1n) is 15.0. The Hall–Kier alpha value is -4.92. The first kappa shape index (κ1) is 29.2. The average Bonchev–Trinajstić information content (AvgIpc) is 3.49. The molecule has 3 heterocycles. The van der Waals surface area contributed by atoms with Crippen LogP contribution in [0.5, 0.6) is 0 Å². The van der Waals surface area contributed by atoms with Crippen LogP contribution in [0.25, 0.3) is 10.9 Å². The van der Waals surface area contributed by atoms with Crippen molar-refractivity contribution in [1.29, 1.82) is 0 Å². The van der Waals surface area contributed by atoms with Gasteiger partial charge in [-0.3, -0.25) is 14.5 Å². The highest BCUT2D eigenvalue weighted by molar-refractivity contribution is 6.24. The number of rotatable bonds is 8. The summed E-state index contributed by atoms with van der Waals surface area (Å²) in [5, 5.41) is 13.3. The third-order valence-electron chi connectivity index (χ3n) is 8.67. The normalized spacial score (nSPS) is 18.6. The first-order valence-corrected chi connectivity index (χ1v) is 15.0. The molecule has 44 heavy (non-hydrogen) atoms. The molecular formula is C35H36N4O5. The number of nitrogens with one attached hydrogen (secondary N) is 2. The van der Waals surface area contributed by atoms with Crippen LogP contribution in [0.3, 0.4) is 0 Å². The molecule has 2 aliphatic rings. The number of hydrogen-bond donors (Lipinski definition) is 3. The second-order valence-electron chi connectivity index (χ2n) is 12.4. The number of aromatic nitrogens is 1. The SMILES string of the molecule is CC(C)C[C@@H](NC(=O)c1ccccc1N1C(=O)[C@@H]2Cc3c([nH]c4ccccc34)[C@H](c3ccc(C(C)C)cc3)N2C1=O)C(=O)O. The highest BCUT2D eigenvalue weighted by Crippen LogP contribution is 2.45. The number of nitrogens with zero attached hydrogens (tertiary/aromatic N) is 2. The topological polar surface area (TPSA) is 123 Å². The second-order valence-corrected chi connectivity index (χ2v) is 12.4. The fraction of sp³-hybridized carbons (Fsp3) is 0.314. The minimum Gasteiger partial charge on any atom is -0.480 e. The van der Waals surface area contributed by atoms with E-state index in [0.717, 1.165) is 32.6 Å². The zero-order chi connectivity index (χ0) is 31.3. The standard InChI is InChI=1S/C35H36N4O5/c1-19(2)17-27(34(42)43)37-32(40)24-10-6-8-12-28(24)39-33(41)29-18-25-23-9-5-7-11-26(23)36-30(25)31(38(29)35(39)44)22-15-13-21(14-16-22)20(3)4/h5-16,19-20,27,29,31,36H,17-18H2,1-4H3,(H,37,40)(H,42,43)/t27-,29+,31+/m1/s1. The van der Waals surface area contributed by atoms with Crippen LogP contribution >= 0.6 is 0 Å². The van der Waals surface area contributed by atoms with E-state index in [4.69, 9.17) is 0 Å². The Morgan fingerprint density at radius 1 is 0.955 bits per heavy atom. The summed E-state index contributed by atoms with van der Waals surface area (Å²) in [5.41, 5.74) is 5.03. The van der Waals surface area contributed by atoms with Crippen molar-refractivity contribution in [3.05, 3.63) is 101 Å². The molecule has 0 bridgehead atoms. The number of anilines is 1. The smallest absolute Gasteiger partial charge is 0.332 e. The molecule has 3 atom stereocenters. The van der Waals surface area contributed by atoms with Crippen molar-refractivity contribution in [2.45, 2.75) is 64.6 Å². The zero-order valence-electron chi connectivity index (χ0n) is 25.2. The molecule has 0 radical (unpaired) electrons. The van der Waals surface area contributed by atoms with Gasteiger partial charge in [0.15, 0.2) is 0 Å². The van der Waals surface area contributed by atoms with Gasteiger partial charge in [0, 0.05) is 23.0 Å². The van der Waals surface area contributed by atoms with Crippen molar-refractivity contribution in [2.24, 2.45) is 5.92 Å². The van der Waals surface area contributed by atoms with Crippen LogP contribution in [0.15, 0.2) is 72.8 Å². The molecular weight excluding hydrogens is 556 g/mol. The molecule has 9 heteroatoms. The fourth-order valence-corrected chi connectivity index (χ4v) is 6.50. The van der Waals surface area contributed by atoms with Gasteiger partial charge in [0.25, 0.3) is 11.8 Å². The summed E-state index contributed by atoms with van der Waals surface area (Å²) in [6.45, 7) is 7.99. The maximum Gasteiger partial charge on any atom is 0.332 e. The number of urea groups is 1. The minimum atomic E-state index is -1.14. The van der Waals surface area contributed by atoms with Gasteiger partial charge in [0.05, 0.1) is 11.3 Å². The summed E-state index contributed by atoms with van der Waals surface area (Å²) in [6.07, 6.45) is 0.564. The predicted molar refractivity (Wildman–Crippen MR) is 168 cm³/mol. The third-order valence-corrected chi connectivity index (χ3v) is 8.67. The number of benzene rings is 3. The Bertz CT molecular complexity index is 1770. The van der Waals surface area contributed by atoms with Crippen molar-refractivity contribution in [3.8, 4) is 0 Å². The molecule has 3 N–H and O–H groups in total. The van der Waals surface area contributed by atoms with E-state index in [9.17, 15) is 24.3 Å². The van der Waals surface area contributed by atoms with Crippen LogP contribution in [-0.4, -0.2) is 50.9 Å². The van der Waals surface area contributed by atoms with E-state index in [1.54, 1.807) is 23.1 Å². The van der Waals surface area contributed by atoms with E-state index in [2.05, 4.69) is 36.3 Å². The van der Waals surface area contributed by atoms with Crippen molar-refractivity contribution < 1.29 is 24.3 Å². The van der Waals surface area contributed by atoms with Crippen molar-refractivity contribution in [2.75, 3.05) is 4.90 Å². The van der Waals surface area contributed by atoms with Crippen LogP contribution < -0.4 is 10.2 Å². The lowest BCUT2D eigenvalue weighted by atomic mass is 9.88. The summed E-state index contributed by atoms with van der Waals surface area (Å²) in [5.74, 6) is -1.86. The number of carbonyl (C=O) groups is 4. The number of carboxylic acids is 1. The van der Waals surface area contributed by atoms with Crippen LogP contribution in [-0.2, 0) is 16.0 Å². The Balaban J connectivity index is 1.42. The Morgan fingerprint density at radius 3 is 2.32 bits per heavy atom. The average molecular weight is 593 g/mol. The molecule has 4 amide bonds. The maximum atomic E-state index is 14.4. The molecule has 1 aromatic heterocycles. The van der Waals surface area contributed by atoms with E-state index in [1.807, 2.05) is 50.2 Å². The molecule has 226 valence electrons. The van der Waals surface area contributed by atoms with Crippen LogP contribution in [0.1, 0.15) is 78.8 Å². The molecule has 1 saturated heterocycles. The first-order chi connectivity index (χ1) is 21.1. The number of fused-ring (bicyclic) bond motifs is 4. The summed E-state index contributed by atoms with van der Waals surface area (Å²) in [7, 11) is 0. The van der Waals surface area contributed by atoms with Crippen molar-refractivity contribution >= 4 is 40.4 Å².